The Morgan fingerprint density at radius 2 is 1.82 bits per heavy atom. The number of carbonyl (C=O) groups is 1. The monoisotopic (exact) mass is 310 g/mol. The molecule has 0 saturated carbocycles. The molecule has 1 amide bonds. The number of hydrogen-bond donors (Lipinski definition) is 1. The summed E-state index contributed by atoms with van der Waals surface area (Å²) in [5.74, 6) is -0.180. The lowest BCUT2D eigenvalue weighted by Gasteiger charge is -2.04. The summed E-state index contributed by atoms with van der Waals surface area (Å²) in [6, 6.07) is 9.33. The zero-order valence-electron chi connectivity index (χ0n) is 12.2. The number of amides is 1. The third-order valence-corrected chi connectivity index (χ3v) is 4.23. The van der Waals surface area contributed by atoms with Crippen LogP contribution in [-0.4, -0.2) is 21.1 Å². The Morgan fingerprint density at radius 3 is 2.55 bits per heavy atom. The average molecular weight is 310 g/mol. The van der Waals surface area contributed by atoms with Gasteiger partial charge in [-0.1, -0.05) is 17.4 Å². The van der Waals surface area contributed by atoms with E-state index in [0.717, 1.165) is 21.7 Å². The third kappa shape index (κ3) is 3.01. The molecule has 0 unspecified atom stereocenters. The summed E-state index contributed by atoms with van der Waals surface area (Å²) in [4.78, 5) is 16.2. The normalized spacial score (nSPS) is 10.5. The maximum atomic E-state index is 12.2. The minimum Gasteiger partial charge on any atom is -0.296 e. The van der Waals surface area contributed by atoms with Crippen molar-refractivity contribution in [3.63, 3.8) is 0 Å². The molecule has 1 aromatic carbocycles. The number of aromatic nitrogens is 3. The summed E-state index contributed by atoms with van der Waals surface area (Å²) >= 11 is 1.33. The van der Waals surface area contributed by atoms with Crippen molar-refractivity contribution >= 4 is 22.4 Å². The number of benzene rings is 1. The maximum Gasteiger partial charge on any atom is 0.257 e. The molecule has 0 radical (unpaired) electrons. The van der Waals surface area contributed by atoms with Crippen LogP contribution in [0, 0.1) is 13.8 Å². The minimum atomic E-state index is -0.180. The van der Waals surface area contributed by atoms with Crippen molar-refractivity contribution in [3.8, 4) is 10.6 Å². The Hall–Kier alpha value is -2.60. The fourth-order valence-corrected chi connectivity index (χ4v) is 2.68. The molecule has 0 spiro atoms. The van der Waals surface area contributed by atoms with E-state index in [4.69, 9.17) is 0 Å². The second-order valence-electron chi connectivity index (χ2n) is 4.90. The predicted molar refractivity (Wildman–Crippen MR) is 87.0 cm³/mol. The fourth-order valence-electron chi connectivity index (χ4n) is 1.94. The van der Waals surface area contributed by atoms with Gasteiger partial charge in [0.2, 0.25) is 5.13 Å². The van der Waals surface area contributed by atoms with Gasteiger partial charge in [0.15, 0.2) is 0 Å². The second-order valence-corrected chi connectivity index (χ2v) is 5.88. The highest BCUT2D eigenvalue weighted by Gasteiger charge is 2.11. The van der Waals surface area contributed by atoms with Crippen LogP contribution in [0.1, 0.15) is 21.5 Å². The molecule has 22 heavy (non-hydrogen) atoms. The molecule has 6 heteroatoms. The number of aryl methyl sites for hydroxylation is 2. The number of rotatable bonds is 3. The molecule has 3 rings (SSSR count). The van der Waals surface area contributed by atoms with Crippen LogP contribution in [0.25, 0.3) is 10.6 Å². The topological polar surface area (TPSA) is 67.8 Å². The van der Waals surface area contributed by atoms with Gasteiger partial charge in [-0.25, -0.2) is 0 Å². The fraction of sp³-hybridized carbons (Fsp3) is 0.125. The lowest BCUT2D eigenvalue weighted by atomic mass is 10.1. The van der Waals surface area contributed by atoms with Crippen LogP contribution >= 0.6 is 11.3 Å². The molecule has 2 aromatic heterocycles. The molecule has 0 aliphatic carbocycles. The smallest absolute Gasteiger partial charge is 0.257 e. The number of anilines is 1. The Balaban J connectivity index is 1.77. The van der Waals surface area contributed by atoms with Gasteiger partial charge in [0.25, 0.3) is 5.91 Å². The van der Waals surface area contributed by atoms with Crippen molar-refractivity contribution in [1.82, 2.24) is 15.2 Å². The van der Waals surface area contributed by atoms with Gasteiger partial charge in [-0.15, -0.1) is 10.2 Å². The van der Waals surface area contributed by atoms with Crippen LogP contribution in [0.3, 0.4) is 0 Å². The molecule has 5 nitrogen and oxygen atoms in total. The van der Waals surface area contributed by atoms with Crippen LogP contribution in [-0.2, 0) is 0 Å². The standard InChI is InChI=1S/C16H14N4OS/c1-10-3-4-13(9-11(10)2)14(21)18-16-20-19-15(22-16)12-5-7-17-8-6-12/h3-9H,1-2H3,(H,18,20,21). The summed E-state index contributed by atoms with van der Waals surface area (Å²) in [6.07, 6.45) is 3.40. The third-order valence-electron chi connectivity index (χ3n) is 3.34. The zero-order chi connectivity index (χ0) is 15.5. The summed E-state index contributed by atoms with van der Waals surface area (Å²) in [5, 5.41) is 12.1. The van der Waals surface area contributed by atoms with Crippen molar-refractivity contribution in [2.24, 2.45) is 0 Å². The van der Waals surface area contributed by atoms with Crippen molar-refractivity contribution in [2.45, 2.75) is 13.8 Å². The Morgan fingerprint density at radius 1 is 1.05 bits per heavy atom. The number of carbonyl (C=O) groups excluding carboxylic acids is 1. The number of pyridine rings is 1. The maximum absolute atomic E-state index is 12.2. The van der Waals surface area contributed by atoms with Gasteiger partial charge in [-0.3, -0.25) is 15.1 Å². The van der Waals surface area contributed by atoms with E-state index in [9.17, 15) is 4.79 Å². The van der Waals surface area contributed by atoms with Crippen LogP contribution < -0.4 is 5.32 Å². The van der Waals surface area contributed by atoms with Gasteiger partial charge in [-0.05, 0) is 49.2 Å². The summed E-state index contributed by atoms with van der Waals surface area (Å²) < 4.78 is 0. The first-order valence-corrected chi connectivity index (χ1v) is 7.57. The molecule has 0 atom stereocenters. The first-order chi connectivity index (χ1) is 10.6. The van der Waals surface area contributed by atoms with Gasteiger partial charge < -0.3 is 0 Å². The van der Waals surface area contributed by atoms with Gasteiger partial charge in [0, 0.05) is 23.5 Å². The Labute approximate surface area is 132 Å². The molecule has 0 bridgehead atoms. The summed E-state index contributed by atoms with van der Waals surface area (Å²) in [5.41, 5.74) is 3.79. The molecule has 0 fully saturated rings. The van der Waals surface area contributed by atoms with E-state index >= 15 is 0 Å². The van der Waals surface area contributed by atoms with Crippen LogP contribution in [0.2, 0.25) is 0 Å². The lowest BCUT2D eigenvalue weighted by molar-refractivity contribution is 0.102. The first-order valence-electron chi connectivity index (χ1n) is 6.76. The summed E-state index contributed by atoms with van der Waals surface area (Å²) in [7, 11) is 0. The highest BCUT2D eigenvalue weighted by atomic mass is 32.1. The molecule has 110 valence electrons. The Kier molecular flexibility index (Phi) is 3.93. The molecule has 3 aromatic rings. The molecule has 1 N–H and O–H groups in total. The van der Waals surface area contributed by atoms with Crippen LogP contribution in [0.5, 0.6) is 0 Å². The summed E-state index contributed by atoms with van der Waals surface area (Å²) in [6.45, 7) is 4.00. The largest absolute Gasteiger partial charge is 0.296 e. The molecular weight excluding hydrogens is 296 g/mol. The van der Waals surface area contributed by atoms with E-state index in [2.05, 4.69) is 20.5 Å². The molecule has 0 aliphatic heterocycles. The van der Waals surface area contributed by atoms with E-state index in [1.165, 1.54) is 11.3 Å². The highest BCUT2D eigenvalue weighted by Crippen LogP contribution is 2.26. The van der Waals surface area contributed by atoms with Crippen LogP contribution in [0.15, 0.2) is 42.7 Å². The van der Waals surface area contributed by atoms with Crippen molar-refractivity contribution in [2.75, 3.05) is 5.32 Å². The van der Waals surface area contributed by atoms with Gasteiger partial charge in [-0.2, -0.15) is 0 Å². The van der Waals surface area contributed by atoms with E-state index in [0.29, 0.717) is 10.7 Å². The molecule has 0 aliphatic rings. The highest BCUT2D eigenvalue weighted by molar-refractivity contribution is 7.18. The molecule has 2 heterocycles. The first kappa shape index (κ1) is 14.3. The molecular formula is C16H14N4OS. The number of nitrogens with zero attached hydrogens (tertiary/aromatic N) is 3. The predicted octanol–water partition coefficient (Wildman–Crippen LogP) is 3.47. The van der Waals surface area contributed by atoms with Gasteiger partial charge in [0.05, 0.1) is 0 Å². The van der Waals surface area contributed by atoms with E-state index in [1.54, 1.807) is 12.4 Å². The van der Waals surface area contributed by atoms with Gasteiger partial charge >= 0.3 is 0 Å². The van der Waals surface area contributed by atoms with Crippen LogP contribution in [0.4, 0.5) is 5.13 Å². The number of hydrogen-bond acceptors (Lipinski definition) is 5. The van der Waals surface area contributed by atoms with E-state index in [-0.39, 0.29) is 5.91 Å². The van der Waals surface area contributed by atoms with Gasteiger partial charge in [0.1, 0.15) is 5.01 Å². The van der Waals surface area contributed by atoms with E-state index in [1.807, 2.05) is 44.2 Å². The minimum absolute atomic E-state index is 0.180. The van der Waals surface area contributed by atoms with E-state index < -0.39 is 0 Å². The van der Waals surface area contributed by atoms with Crippen molar-refractivity contribution in [3.05, 3.63) is 59.4 Å². The molecule has 0 saturated heterocycles. The zero-order valence-corrected chi connectivity index (χ0v) is 13.0. The second kappa shape index (κ2) is 6.03. The number of nitrogens with one attached hydrogen (secondary N) is 1. The van der Waals surface area contributed by atoms with Crippen molar-refractivity contribution in [1.29, 1.82) is 0 Å². The SMILES string of the molecule is Cc1ccc(C(=O)Nc2nnc(-c3ccncc3)s2)cc1C. The average Bonchev–Trinajstić information content (AvgIpc) is 2.99. The quantitative estimate of drug-likeness (QED) is 0.804. The van der Waals surface area contributed by atoms with Crippen molar-refractivity contribution < 1.29 is 4.79 Å². The Bertz CT molecular complexity index is 814. The lowest BCUT2D eigenvalue weighted by Crippen LogP contribution is -2.12.